The minimum Gasteiger partial charge on any atom is -0.399 e. The molecule has 14 heteroatoms. The minimum absolute atomic E-state index is 0.0907. The number of halogens is 7. The Balaban J connectivity index is 1.62. The maximum absolute atomic E-state index is 13.4. The fourth-order valence-corrected chi connectivity index (χ4v) is 4.01. The maximum Gasteiger partial charge on any atom is 0.418 e. The Kier molecular flexibility index (Phi) is 6.45. The molecule has 190 valence electrons. The Morgan fingerprint density at radius 2 is 1.83 bits per heavy atom. The SMILES string of the molecule is C[C@@H](Nc1nc(Cl)nc2c1CN(C(=O)c1ncccc1C(F)(F)F)C2)c1cc(N)cc(C(F)(F)F)c1. The summed E-state index contributed by atoms with van der Waals surface area (Å²) in [6.45, 7) is 1.24. The van der Waals surface area contributed by atoms with Crippen LogP contribution < -0.4 is 11.1 Å². The van der Waals surface area contributed by atoms with Crippen LogP contribution in [0.2, 0.25) is 5.28 Å². The predicted molar refractivity (Wildman–Crippen MR) is 118 cm³/mol. The highest BCUT2D eigenvalue weighted by molar-refractivity contribution is 6.28. The van der Waals surface area contributed by atoms with Gasteiger partial charge in [-0.25, -0.2) is 9.97 Å². The van der Waals surface area contributed by atoms with E-state index in [-0.39, 0.29) is 41.1 Å². The zero-order valence-electron chi connectivity index (χ0n) is 18.4. The van der Waals surface area contributed by atoms with E-state index in [4.69, 9.17) is 17.3 Å². The number of nitrogens with two attached hydrogens (primary N) is 1. The summed E-state index contributed by atoms with van der Waals surface area (Å²) >= 11 is 6.00. The number of nitrogens with one attached hydrogen (secondary N) is 1. The fraction of sp³-hybridized carbons (Fsp3) is 0.273. The maximum atomic E-state index is 13.4. The van der Waals surface area contributed by atoms with Gasteiger partial charge in [-0.2, -0.15) is 26.3 Å². The second kappa shape index (κ2) is 9.12. The van der Waals surface area contributed by atoms with Gasteiger partial charge in [0.05, 0.1) is 36.0 Å². The first-order chi connectivity index (χ1) is 16.7. The van der Waals surface area contributed by atoms with Crippen LogP contribution in [-0.2, 0) is 25.4 Å². The summed E-state index contributed by atoms with van der Waals surface area (Å²) in [5.74, 6) is -0.845. The largest absolute Gasteiger partial charge is 0.418 e. The first-order valence-electron chi connectivity index (χ1n) is 10.3. The van der Waals surface area contributed by atoms with Crippen molar-refractivity contribution in [2.75, 3.05) is 11.1 Å². The molecule has 1 aliphatic rings. The smallest absolute Gasteiger partial charge is 0.399 e. The molecule has 0 saturated carbocycles. The molecular weight excluding hydrogens is 514 g/mol. The van der Waals surface area contributed by atoms with Crippen LogP contribution in [0.1, 0.15) is 51.4 Å². The number of nitrogen functional groups attached to an aromatic ring is 1. The van der Waals surface area contributed by atoms with Gasteiger partial charge in [-0.3, -0.25) is 9.78 Å². The molecule has 0 bridgehead atoms. The number of anilines is 2. The Morgan fingerprint density at radius 1 is 1.11 bits per heavy atom. The van der Waals surface area contributed by atoms with E-state index in [2.05, 4.69) is 20.3 Å². The van der Waals surface area contributed by atoms with Crippen LogP contribution in [0, 0.1) is 0 Å². The van der Waals surface area contributed by atoms with Gasteiger partial charge in [0.25, 0.3) is 5.91 Å². The highest BCUT2D eigenvalue weighted by Gasteiger charge is 2.39. The molecule has 3 aromatic rings. The second-order valence-electron chi connectivity index (χ2n) is 8.08. The summed E-state index contributed by atoms with van der Waals surface area (Å²) in [7, 11) is 0. The number of nitrogens with zero attached hydrogens (tertiary/aromatic N) is 4. The molecule has 4 rings (SSSR count). The van der Waals surface area contributed by atoms with Gasteiger partial charge in [-0.05, 0) is 54.4 Å². The molecule has 0 unspecified atom stereocenters. The van der Waals surface area contributed by atoms with Crippen LogP contribution in [0.5, 0.6) is 0 Å². The third kappa shape index (κ3) is 5.15. The molecule has 0 spiro atoms. The summed E-state index contributed by atoms with van der Waals surface area (Å²) in [6, 6.07) is 4.22. The van der Waals surface area contributed by atoms with Gasteiger partial charge < -0.3 is 16.0 Å². The van der Waals surface area contributed by atoms with E-state index < -0.39 is 41.1 Å². The molecule has 1 aliphatic heterocycles. The number of benzene rings is 1. The summed E-state index contributed by atoms with van der Waals surface area (Å²) in [4.78, 5) is 25.8. The number of carbonyl (C=O) groups is 1. The molecule has 3 heterocycles. The quantitative estimate of drug-likeness (QED) is 0.264. The lowest BCUT2D eigenvalue weighted by Gasteiger charge is -2.20. The van der Waals surface area contributed by atoms with Crippen molar-refractivity contribution in [1.29, 1.82) is 0 Å². The van der Waals surface area contributed by atoms with Crippen molar-refractivity contribution in [3.63, 3.8) is 0 Å². The normalized spacial score (nSPS) is 14.5. The lowest BCUT2D eigenvalue weighted by molar-refractivity contribution is -0.138. The van der Waals surface area contributed by atoms with Crippen LogP contribution in [0.3, 0.4) is 0 Å². The van der Waals surface area contributed by atoms with E-state index in [0.717, 1.165) is 35.4 Å². The highest BCUT2D eigenvalue weighted by atomic mass is 35.5. The molecule has 36 heavy (non-hydrogen) atoms. The van der Waals surface area contributed by atoms with Gasteiger partial charge in [-0.1, -0.05) is 0 Å². The van der Waals surface area contributed by atoms with Gasteiger partial charge in [0.1, 0.15) is 11.5 Å². The van der Waals surface area contributed by atoms with Gasteiger partial charge in [0.2, 0.25) is 5.28 Å². The number of fused-ring (bicyclic) bond motifs is 1. The van der Waals surface area contributed by atoms with Crippen molar-refractivity contribution in [2.45, 2.75) is 38.4 Å². The number of amides is 1. The molecule has 1 amide bonds. The van der Waals surface area contributed by atoms with Crippen LogP contribution in [-0.4, -0.2) is 25.8 Å². The Hall–Kier alpha value is -3.61. The van der Waals surface area contributed by atoms with Crippen molar-refractivity contribution in [3.8, 4) is 0 Å². The van der Waals surface area contributed by atoms with Gasteiger partial charge in [-0.15, -0.1) is 0 Å². The number of pyridine rings is 1. The van der Waals surface area contributed by atoms with Gasteiger partial charge in [0.15, 0.2) is 0 Å². The molecule has 3 N–H and O–H groups in total. The third-order valence-corrected chi connectivity index (χ3v) is 5.69. The Labute approximate surface area is 205 Å². The molecule has 2 aromatic heterocycles. The lowest BCUT2D eigenvalue weighted by atomic mass is 10.0. The van der Waals surface area contributed by atoms with Gasteiger partial charge in [0, 0.05) is 17.4 Å². The molecule has 0 fully saturated rings. The number of hydrogen-bond donors (Lipinski definition) is 2. The standard InChI is InChI=1S/C22H17ClF6N6O/c1-10(11-5-12(21(24,25)26)7-13(30)6-11)32-18-14-8-35(9-16(14)33-20(23)34-18)19(36)17-15(22(27,28)29)3-2-4-31-17/h2-7,10H,8-9,30H2,1H3,(H,32,33,34)/t10-/m1/s1. The van der Waals surface area contributed by atoms with Crippen LogP contribution in [0.15, 0.2) is 36.5 Å². The number of alkyl halides is 6. The van der Waals surface area contributed by atoms with Crippen molar-refractivity contribution in [2.24, 2.45) is 0 Å². The molecule has 7 nitrogen and oxygen atoms in total. The second-order valence-corrected chi connectivity index (χ2v) is 8.42. The highest BCUT2D eigenvalue weighted by Crippen LogP contribution is 2.36. The summed E-state index contributed by atoms with van der Waals surface area (Å²) in [5.41, 5.74) is 3.54. The zero-order chi connectivity index (χ0) is 26.4. The van der Waals surface area contributed by atoms with Crippen molar-refractivity contribution in [3.05, 3.63) is 75.5 Å². The molecule has 0 radical (unpaired) electrons. The lowest BCUT2D eigenvalue weighted by Crippen LogP contribution is -2.29. The minimum atomic E-state index is -4.79. The van der Waals surface area contributed by atoms with E-state index in [1.54, 1.807) is 6.92 Å². The van der Waals surface area contributed by atoms with Crippen LogP contribution >= 0.6 is 11.6 Å². The molecule has 1 aromatic carbocycles. The number of hydrogen-bond acceptors (Lipinski definition) is 6. The molecule has 0 aliphatic carbocycles. The van der Waals surface area contributed by atoms with E-state index in [1.165, 1.54) is 6.07 Å². The summed E-state index contributed by atoms with van der Waals surface area (Å²) < 4.78 is 79.7. The number of rotatable bonds is 4. The number of aromatic nitrogens is 3. The number of carbonyl (C=O) groups excluding carboxylic acids is 1. The van der Waals surface area contributed by atoms with Crippen LogP contribution in [0.4, 0.5) is 37.8 Å². The van der Waals surface area contributed by atoms with Crippen molar-refractivity contribution < 1.29 is 31.1 Å². The third-order valence-electron chi connectivity index (χ3n) is 5.52. The molecule has 0 saturated heterocycles. The fourth-order valence-electron chi connectivity index (χ4n) is 3.82. The van der Waals surface area contributed by atoms with Crippen LogP contribution in [0.25, 0.3) is 0 Å². The average molecular weight is 531 g/mol. The van der Waals surface area contributed by atoms with E-state index >= 15 is 0 Å². The van der Waals surface area contributed by atoms with E-state index in [1.807, 2.05) is 0 Å². The predicted octanol–water partition coefficient (Wildman–Crippen LogP) is 5.47. The first kappa shape index (κ1) is 25.5. The van der Waals surface area contributed by atoms with Crippen molar-refractivity contribution in [1.82, 2.24) is 19.9 Å². The molecule has 1 atom stereocenters. The monoisotopic (exact) mass is 530 g/mol. The van der Waals surface area contributed by atoms with Crippen molar-refractivity contribution >= 4 is 29.0 Å². The van der Waals surface area contributed by atoms with E-state index in [0.29, 0.717) is 5.56 Å². The molecular formula is C22H17ClF6N6O. The Morgan fingerprint density at radius 3 is 2.50 bits per heavy atom. The van der Waals surface area contributed by atoms with E-state index in [9.17, 15) is 31.1 Å². The topological polar surface area (TPSA) is 97.0 Å². The average Bonchev–Trinajstić information content (AvgIpc) is 3.21. The zero-order valence-corrected chi connectivity index (χ0v) is 19.1. The Bertz CT molecular complexity index is 1330. The first-order valence-corrected chi connectivity index (χ1v) is 10.7. The summed E-state index contributed by atoms with van der Waals surface area (Å²) in [5, 5.41) is 2.74. The van der Waals surface area contributed by atoms with Gasteiger partial charge >= 0.3 is 12.4 Å². The summed E-state index contributed by atoms with van der Waals surface area (Å²) in [6.07, 6.45) is -8.31.